The molecule has 0 aliphatic carbocycles. The quantitative estimate of drug-likeness (QED) is 0.263. The third kappa shape index (κ3) is 7.03. The van der Waals surface area contributed by atoms with Crippen molar-refractivity contribution in [2.24, 2.45) is 5.41 Å². The van der Waals surface area contributed by atoms with E-state index in [1.54, 1.807) is 6.07 Å². The molecular weight excluding hydrogens is 579 g/mol. The topological polar surface area (TPSA) is 91.9 Å². The van der Waals surface area contributed by atoms with Crippen LogP contribution in [-0.2, 0) is 29.0 Å². The van der Waals surface area contributed by atoms with Crippen molar-refractivity contribution in [3.63, 3.8) is 0 Å². The maximum absolute atomic E-state index is 13.6. The van der Waals surface area contributed by atoms with Crippen molar-refractivity contribution in [1.82, 2.24) is 9.88 Å². The smallest absolute Gasteiger partial charge is 0.337 e. The van der Waals surface area contributed by atoms with E-state index in [1.807, 2.05) is 39.8 Å². The summed E-state index contributed by atoms with van der Waals surface area (Å²) in [5, 5.41) is 10.4. The van der Waals surface area contributed by atoms with Crippen molar-refractivity contribution in [1.29, 1.82) is 0 Å². The first-order valence-electron chi connectivity index (χ1n) is 15.4. The number of nitrogens with zero attached hydrogens (tertiary/aromatic N) is 3. The predicted molar refractivity (Wildman–Crippen MR) is 174 cm³/mol. The van der Waals surface area contributed by atoms with Crippen LogP contribution in [0.4, 0.5) is 15.9 Å². The Labute approximate surface area is 265 Å². The number of carbonyl (C=O) groups is 1. The minimum Gasteiger partial charge on any atom is -0.479 e. The minimum absolute atomic E-state index is 0.0485. The molecule has 0 bridgehead atoms. The summed E-state index contributed by atoms with van der Waals surface area (Å²) in [6.07, 6.45) is 1.41. The molecule has 9 heteroatoms. The first-order valence-corrected chi connectivity index (χ1v) is 15.7. The maximum Gasteiger partial charge on any atom is 0.337 e. The van der Waals surface area contributed by atoms with E-state index >= 15 is 0 Å². The van der Waals surface area contributed by atoms with Crippen molar-refractivity contribution < 1.29 is 19.0 Å². The lowest BCUT2D eigenvalue weighted by Gasteiger charge is -2.41. The Kier molecular flexibility index (Phi) is 9.00. The normalized spacial score (nSPS) is 17.8. The number of aliphatic carboxylic acids is 1. The van der Waals surface area contributed by atoms with Crippen LogP contribution >= 0.6 is 11.6 Å². The van der Waals surface area contributed by atoms with Crippen LogP contribution in [0.15, 0.2) is 36.4 Å². The molecule has 5 rings (SSSR count). The molecule has 3 heterocycles. The summed E-state index contributed by atoms with van der Waals surface area (Å²) in [5.41, 5.74) is 13.2. The van der Waals surface area contributed by atoms with Crippen molar-refractivity contribution in [3.05, 3.63) is 75.2 Å². The average molecular weight is 623 g/mol. The van der Waals surface area contributed by atoms with Crippen LogP contribution in [0, 0.1) is 18.2 Å². The number of piperidine rings is 1. The first-order chi connectivity index (χ1) is 20.6. The van der Waals surface area contributed by atoms with Gasteiger partial charge in [0.2, 0.25) is 0 Å². The average Bonchev–Trinajstić information content (AvgIpc) is 2.92. The fourth-order valence-electron chi connectivity index (χ4n) is 6.32. The lowest BCUT2D eigenvalue weighted by molar-refractivity contribution is -0.160. The van der Waals surface area contributed by atoms with Gasteiger partial charge in [0.15, 0.2) is 6.10 Å². The summed E-state index contributed by atoms with van der Waals surface area (Å²) in [6.45, 7) is 15.8. The molecule has 1 atom stereocenters. The van der Waals surface area contributed by atoms with Crippen LogP contribution in [-0.4, -0.2) is 46.2 Å². The number of aromatic nitrogens is 1. The predicted octanol–water partition coefficient (Wildman–Crippen LogP) is 7.56. The molecule has 0 radical (unpaired) electrons. The van der Waals surface area contributed by atoms with Gasteiger partial charge in [0, 0.05) is 38.3 Å². The maximum atomic E-state index is 13.6. The van der Waals surface area contributed by atoms with Gasteiger partial charge in [0.05, 0.1) is 16.9 Å². The molecule has 7 nitrogen and oxygen atoms in total. The second-order valence-corrected chi connectivity index (χ2v) is 14.4. The van der Waals surface area contributed by atoms with Crippen LogP contribution in [0.25, 0.3) is 11.1 Å². The molecule has 1 unspecified atom stereocenters. The lowest BCUT2D eigenvalue weighted by Crippen LogP contribution is -2.39. The molecule has 1 fully saturated rings. The number of hydrogen-bond donors (Lipinski definition) is 2. The SMILES string of the molecule is Cc1cc(F)ccc1CN1CCc2cc(-c3c(N)nc(Cl)c(C(OC(C)(C)C)C(=O)O)c3N3CCC(C)(C)CC3)ccc2C1. The van der Waals surface area contributed by atoms with E-state index in [9.17, 15) is 14.3 Å². The third-order valence-corrected chi connectivity index (χ3v) is 9.15. The van der Waals surface area contributed by atoms with Crippen LogP contribution in [0.1, 0.15) is 81.4 Å². The standard InChI is InChI=1S/C35H44ClFN4O3/c1-21-17-26(37)10-9-24(21)19-40-14-11-22-18-23(7-8-25(22)20-40)27-29(41-15-12-35(5,6)13-16-41)28(31(36)39-32(27)38)30(33(42)43)44-34(2,3)4/h7-10,17-18,30H,11-16,19-20H2,1-6H3,(H2,38,39)(H,42,43). The van der Waals surface area contributed by atoms with Gasteiger partial charge in [0.25, 0.3) is 0 Å². The molecule has 0 spiro atoms. The highest BCUT2D eigenvalue weighted by molar-refractivity contribution is 6.31. The Hall–Kier alpha value is -3.20. The van der Waals surface area contributed by atoms with E-state index in [-0.39, 0.29) is 22.2 Å². The molecule has 1 aromatic heterocycles. The number of pyridine rings is 1. The van der Waals surface area contributed by atoms with Crippen molar-refractivity contribution in [2.75, 3.05) is 30.3 Å². The molecule has 1 saturated heterocycles. The molecule has 236 valence electrons. The van der Waals surface area contributed by atoms with E-state index in [0.717, 1.165) is 68.7 Å². The summed E-state index contributed by atoms with van der Waals surface area (Å²) in [6, 6.07) is 11.3. The summed E-state index contributed by atoms with van der Waals surface area (Å²) < 4.78 is 19.8. The van der Waals surface area contributed by atoms with Gasteiger partial charge in [-0.15, -0.1) is 0 Å². The largest absolute Gasteiger partial charge is 0.479 e. The van der Waals surface area contributed by atoms with Crippen LogP contribution in [0.5, 0.6) is 0 Å². The lowest BCUT2D eigenvalue weighted by atomic mass is 9.82. The number of nitrogens with two attached hydrogens (primary N) is 1. The van der Waals surface area contributed by atoms with E-state index in [0.29, 0.717) is 16.8 Å². The Morgan fingerprint density at radius 3 is 2.48 bits per heavy atom. The highest BCUT2D eigenvalue weighted by atomic mass is 35.5. The van der Waals surface area contributed by atoms with Gasteiger partial charge >= 0.3 is 5.97 Å². The highest BCUT2D eigenvalue weighted by Crippen LogP contribution is 2.47. The molecule has 3 N–H and O–H groups in total. The number of carboxylic acids is 1. The zero-order valence-corrected chi connectivity index (χ0v) is 27.4. The van der Waals surface area contributed by atoms with Crippen LogP contribution in [0.3, 0.4) is 0 Å². The number of aryl methyl sites for hydroxylation is 1. The van der Waals surface area contributed by atoms with E-state index in [4.69, 9.17) is 22.1 Å². The van der Waals surface area contributed by atoms with Gasteiger partial charge in [-0.1, -0.05) is 49.7 Å². The first kappa shape index (κ1) is 32.2. The number of anilines is 2. The zero-order chi connectivity index (χ0) is 32.0. The van der Waals surface area contributed by atoms with Gasteiger partial charge in [-0.3, -0.25) is 4.90 Å². The van der Waals surface area contributed by atoms with Crippen LogP contribution in [0.2, 0.25) is 5.15 Å². The zero-order valence-electron chi connectivity index (χ0n) is 26.6. The number of hydrogen-bond acceptors (Lipinski definition) is 6. The van der Waals surface area contributed by atoms with E-state index in [1.165, 1.54) is 17.2 Å². The number of nitrogen functional groups attached to an aromatic ring is 1. The minimum atomic E-state index is -1.32. The summed E-state index contributed by atoms with van der Waals surface area (Å²) in [5.74, 6) is -1.07. The summed E-state index contributed by atoms with van der Waals surface area (Å²) in [7, 11) is 0. The molecule has 2 aliphatic heterocycles. The Morgan fingerprint density at radius 2 is 1.84 bits per heavy atom. The van der Waals surface area contributed by atoms with Gasteiger partial charge in [0.1, 0.15) is 16.8 Å². The number of ether oxygens (including phenoxy) is 1. The summed E-state index contributed by atoms with van der Waals surface area (Å²) >= 11 is 6.77. The molecule has 44 heavy (non-hydrogen) atoms. The van der Waals surface area contributed by atoms with E-state index in [2.05, 4.69) is 40.8 Å². The fourth-order valence-corrected chi connectivity index (χ4v) is 6.60. The van der Waals surface area contributed by atoms with Gasteiger partial charge in [-0.25, -0.2) is 14.2 Å². The van der Waals surface area contributed by atoms with Crippen molar-refractivity contribution in [2.45, 2.75) is 85.6 Å². The highest BCUT2D eigenvalue weighted by Gasteiger charge is 2.37. The van der Waals surface area contributed by atoms with Gasteiger partial charge in [-0.2, -0.15) is 0 Å². The number of carboxylic acid groups (broad SMARTS) is 1. The number of halogens is 2. The Bertz CT molecular complexity index is 1560. The second-order valence-electron chi connectivity index (χ2n) is 14.0. The fraction of sp³-hybridized carbons (Fsp3) is 0.486. The van der Waals surface area contributed by atoms with Gasteiger partial charge in [-0.05, 0) is 92.3 Å². The molecule has 2 aromatic carbocycles. The Morgan fingerprint density at radius 1 is 1.14 bits per heavy atom. The number of rotatable bonds is 7. The summed E-state index contributed by atoms with van der Waals surface area (Å²) in [4.78, 5) is 21.8. The molecule has 2 aliphatic rings. The molecular formula is C35H44ClFN4O3. The molecule has 0 amide bonds. The third-order valence-electron chi connectivity index (χ3n) is 8.86. The monoisotopic (exact) mass is 622 g/mol. The number of fused-ring (bicyclic) bond motifs is 1. The second kappa shape index (κ2) is 12.3. The number of benzene rings is 2. The molecule has 3 aromatic rings. The van der Waals surface area contributed by atoms with Crippen molar-refractivity contribution in [3.8, 4) is 11.1 Å². The molecule has 0 saturated carbocycles. The van der Waals surface area contributed by atoms with E-state index < -0.39 is 17.7 Å². The van der Waals surface area contributed by atoms with Crippen LogP contribution < -0.4 is 10.6 Å². The van der Waals surface area contributed by atoms with Gasteiger partial charge < -0.3 is 20.5 Å². The van der Waals surface area contributed by atoms with Crippen molar-refractivity contribution >= 4 is 29.1 Å². The Balaban J connectivity index is 1.56.